The van der Waals surface area contributed by atoms with E-state index in [4.69, 9.17) is 15.2 Å². The minimum Gasteiger partial charge on any atom is -0.504 e. The number of carbonyl (C=O) groups is 1. The molecule has 2 rings (SSSR count). The molecule has 0 saturated heterocycles. The van der Waals surface area contributed by atoms with Crippen LogP contribution in [0.5, 0.6) is 11.5 Å². The third-order valence-corrected chi connectivity index (χ3v) is 3.28. The van der Waals surface area contributed by atoms with E-state index in [9.17, 15) is 9.90 Å². The van der Waals surface area contributed by atoms with E-state index in [1.807, 2.05) is 0 Å². The maximum absolute atomic E-state index is 12.2. The van der Waals surface area contributed by atoms with Crippen LogP contribution in [0.2, 0.25) is 0 Å². The number of hydrogen-bond donors (Lipinski definition) is 3. The summed E-state index contributed by atoms with van der Waals surface area (Å²) in [6, 6.07) is 4.15. The lowest BCUT2D eigenvalue weighted by Gasteiger charge is -2.24. The van der Waals surface area contributed by atoms with Gasteiger partial charge in [-0.1, -0.05) is 6.07 Å². The Kier molecular flexibility index (Phi) is 4.55. The van der Waals surface area contributed by atoms with Crippen molar-refractivity contribution in [2.24, 2.45) is 10.7 Å². The number of nitrogens with zero attached hydrogens (tertiary/aromatic N) is 1. The number of rotatable bonds is 4. The molecule has 0 fully saturated rings. The second-order valence-corrected chi connectivity index (χ2v) is 4.73. The Bertz CT molecular complexity index is 652. The van der Waals surface area contributed by atoms with Crippen LogP contribution in [0.15, 0.2) is 34.5 Å². The van der Waals surface area contributed by atoms with Crippen LogP contribution >= 0.6 is 0 Å². The third kappa shape index (κ3) is 2.98. The molecule has 1 aliphatic heterocycles. The Morgan fingerprint density at radius 3 is 2.86 bits per heavy atom. The zero-order chi connectivity index (χ0) is 16.3. The second-order valence-electron chi connectivity index (χ2n) is 4.73. The van der Waals surface area contributed by atoms with Crippen molar-refractivity contribution in [3.8, 4) is 11.5 Å². The van der Waals surface area contributed by atoms with Crippen LogP contribution in [0.4, 0.5) is 0 Å². The van der Waals surface area contributed by atoms with Gasteiger partial charge in [0, 0.05) is 5.70 Å². The molecule has 1 aliphatic rings. The van der Waals surface area contributed by atoms with Crippen LogP contribution in [-0.2, 0) is 9.53 Å². The third-order valence-electron chi connectivity index (χ3n) is 3.28. The van der Waals surface area contributed by atoms with Crippen molar-refractivity contribution in [3.63, 3.8) is 0 Å². The number of phenols is 1. The summed E-state index contributed by atoms with van der Waals surface area (Å²) in [6.45, 7) is 3.74. The highest BCUT2D eigenvalue weighted by Crippen LogP contribution is 2.35. The molecule has 0 aliphatic carbocycles. The first-order valence-electron chi connectivity index (χ1n) is 6.83. The summed E-state index contributed by atoms with van der Waals surface area (Å²) in [5.74, 6) is 0.0598. The lowest BCUT2D eigenvalue weighted by molar-refractivity contribution is -0.138. The largest absolute Gasteiger partial charge is 0.504 e. The molecular formula is C15H19N3O4. The van der Waals surface area contributed by atoms with Crippen molar-refractivity contribution < 1.29 is 19.4 Å². The molecule has 7 nitrogen and oxygen atoms in total. The van der Waals surface area contributed by atoms with Gasteiger partial charge in [0.05, 0.1) is 19.3 Å². The van der Waals surface area contributed by atoms with Crippen LogP contribution < -0.4 is 15.8 Å². The zero-order valence-electron chi connectivity index (χ0n) is 12.7. The average Bonchev–Trinajstić information content (AvgIpc) is 2.47. The highest BCUT2D eigenvalue weighted by Gasteiger charge is 2.30. The fourth-order valence-electron chi connectivity index (χ4n) is 2.28. The van der Waals surface area contributed by atoms with E-state index in [0.29, 0.717) is 22.6 Å². The lowest BCUT2D eigenvalue weighted by Crippen LogP contribution is -2.37. The lowest BCUT2D eigenvalue weighted by atomic mass is 9.96. The number of guanidine groups is 1. The minimum atomic E-state index is -0.616. The topological polar surface area (TPSA) is 106 Å². The van der Waals surface area contributed by atoms with Crippen LogP contribution in [0.25, 0.3) is 0 Å². The molecule has 1 heterocycles. The van der Waals surface area contributed by atoms with Gasteiger partial charge in [-0.25, -0.2) is 9.79 Å². The Morgan fingerprint density at radius 2 is 2.23 bits per heavy atom. The van der Waals surface area contributed by atoms with E-state index < -0.39 is 12.0 Å². The number of hydrogen-bond acceptors (Lipinski definition) is 7. The highest BCUT2D eigenvalue weighted by molar-refractivity contribution is 5.95. The number of aliphatic imine (C=N–C) groups is 1. The molecule has 118 valence electrons. The van der Waals surface area contributed by atoms with Crippen molar-refractivity contribution in [2.45, 2.75) is 19.9 Å². The van der Waals surface area contributed by atoms with Gasteiger partial charge in [-0.3, -0.25) is 0 Å². The number of benzene rings is 1. The number of nitrogens with one attached hydrogen (secondary N) is 1. The number of ether oxygens (including phenoxy) is 2. The van der Waals surface area contributed by atoms with E-state index in [0.717, 1.165) is 0 Å². The predicted molar refractivity (Wildman–Crippen MR) is 81.5 cm³/mol. The SMILES string of the molecule is CCOC(=O)C1=C(C)NC(N)=N[C@@H]1c1ccc(O)c(OC)c1. The molecule has 4 N–H and O–H groups in total. The van der Waals surface area contributed by atoms with Crippen LogP contribution in [0.1, 0.15) is 25.5 Å². The van der Waals surface area contributed by atoms with E-state index in [2.05, 4.69) is 10.3 Å². The van der Waals surface area contributed by atoms with Gasteiger partial charge in [0.1, 0.15) is 6.04 Å². The van der Waals surface area contributed by atoms with Gasteiger partial charge < -0.3 is 25.6 Å². The number of phenolic OH excluding ortho intramolecular Hbond substituents is 1. The maximum Gasteiger partial charge on any atom is 0.338 e. The molecular weight excluding hydrogens is 286 g/mol. The van der Waals surface area contributed by atoms with E-state index in [-0.39, 0.29) is 18.3 Å². The Balaban J connectivity index is 2.49. The van der Waals surface area contributed by atoms with Gasteiger partial charge in [-0.05, 0) is 31.5 Å². The summed E-state index contributed by atoms with van der Waals surface area (Å²) in [7, 11) is 1.45. The van der Waals surface area contributed by atoms with Gasteiger partial charge in [-0.15, -0.1) is 0 Å². The van der Waals surface area contributed by atoms with Crippen molar-refractivity contribution in [2.75, 3.05) is 13.7 Å². The first kappa shape index (κ1) is 15.7. The Morgan fingerprint density at radius 1 is 1.50 bits per heavy atom. The Hall–Kier alpha value is -2.70. The molecule has 1 aromatic rings. The molecule has 7 heteroatoms. The number of nitrogens with two attached hydrogens (primary N) is 1. The number of esters is 1. The summed E-state index contributed by atoms with van der Waals surface area (Å²) in [5.41, 5.74) is 7.39. The molecule has 0 saturated carbocycles. The van der Waals surface area contributed by atoms with Gasteiger partial charge >= 0.3 is 5.97 Å². The summed E-state index contributed by atoms with van der Waals surface area (Å²) >= 11 is 0. The molecule has 1 aromatic carbocycles. The van der Waals surface area contributed by atoms with Gasteiger partial charge in [0.25, 0.3) is 0 Å². The number of aromatic hydroxyl groups is 1. The molecule has 0 aromatic heterocycles. The minimum absolute atomic E-state index is 0.00974. The monoisotopic (exact) mass is 305 g/mol. The Labute approximate surface area is 128 Å². The first-order chi connectivity index (χ1) is 10.5. The smallest absolute Gasteiger partial charge is 0.338 e. The van der Waals surface area contributed by atoms with E-state index >= 15 is 0 Å². The quantitative estimate of drug-likeness (QED) is 0.722. The highest BCUT2D eigenvalue weighted by atomic mass is 16.5. The predicted octanol–water partition coefficient (Wildman–Crippen LogP) is 1.20. The van der Waals surface area contributed by atoms with Gasteiger partial charge in [0.2, 0.25) is 0 Å². The molecule has 22 heavy (non-hydrogen) atoms. The summed E-state index contributed by atoms with van der Waals surface area (Å²) in [4.78, 5) is 16.5. The van der Waals surface area contributed by atoms with Gasteiger partial charge in [-0.2, -0.15) is 0 Å². The number of allylic oxidation sites excluding steroid dienone is 1. The molecule has 1 atom stereocenters. The first-order valence-corrected chi connectivity index (χ1v) is 6.83. The van der Waals surface area contributed by atoms with Gasteiger partial charge in [0.15, 0.2) is 17.5 Å². The fourth-order valence-corrected chi connectivity index (χ4v) is 2.28. The average molecular weight is 305 g/mol. The maximum atomic E-state index is 12.2. The van der Waals surface area contributed by atoms with Crippen LogP contribution in [-0.4, -0.2) is 30.8 Å². The van der Waals surface area contributed by atoms with Crippen molar-refractivity contribution >= 4 is 11.9 Å². The standard InChI is InChI=1S/C15H19N3O4/c1-4-22-14(20)12-8(2)17-15(16)18-13(12)9-5-6-10(19)11(7-9)21-3/h5-7,13,19H,4H2,1-3H3,(H3,16,17,18)/t13-/m1/s1. The van der Waals surface area contributed by atoms with E-state index in [1.54, 1.807) is 26.0 Å². The normalized spacial score (nSPS) is 17.6. The zero-order valence-corrected chi connectivity index (χ0v) is 12.7. The van der Waals surface area contributed by atoms with Crippen LogP contribution in [0, 0.1) is 0 Å². The number of carbonyl (C=O) groups excluding carboxylic acids is 1. The van der Waals surface area contributed by atoms with Crippen LogP contribution in [0.3, 0.4) is 0 Å². The molecule has 0 spiro atoms. The van der Waals surface area contributed by atoms with Crippen molar-refractivity contribution in [3.05, 3.63) is 35.0 Å². The van der Waals surface area contributed by atoms with E-state index in [1.165, 1.54) is 13.2 Å². The second kappa shape index (κ2) is 6.38. The molecule has 0 unspecified atom stereocenters. The van der Waals surface area contributed by atoms with Crippen molar-refractivity contribution in [1.29, 1.82) is 0 Å². The fraction of sp³-hybridized carbons (Fsp3) is 0.333. The summed E-state index contributed by atoms with van der Waals surface area (Å²) in [5, 5.41) is 12.5. The molecule has 0 radical (unpaired) electrons. The molecule has 0 amide bonds. The number of methoxy groups -OCH3 is 1. The van der Waals surface area contributed by atoms with Crippen molar-refractivity contribution in [1.82, 2.24) is 5.32 Å². The summed E-state index contributed by atoms with van der Waals surface area (Å²) in [6.07, 6.45) is 0. The molecule has 0 bridgehead atoms. The summed E-state index contributed by atoms with van der Waals surface area (Å²) < 4.78 is 10.2.